The molecule has 0 N–H and O–H groups in total. The molecule has 2 atom stereocenters. The average molecular weight is 548 g/mol. The SMILES string of the molecule is COc1cc(C(=O)N2C[C@H]3CCN(C(=O)c4ccc(C#Cc5ccccc5)cc4)CC[C@H]3C2)cc(C(F)(F)F)n1. The first-order valence-electron chi connectivity index (χ1n) is 13.1. The van der Waals surface area contributed by atoms with Gasteiger partial charge in [0.05, 0.1) is 7.11 Å². The summed E-state index contributed by atoms with van der Waals surface area (Å²) in [6.45, 7) is 1.98. The number of likely N-dealkylation sites (tertiary alicyclic amines) is 2. The Balaban J connectivity index is 1.20. The smallest absolute Gasteiger partial charge is 0.433 e. The molecule has 3 aromatic rings. The summed E-state index contributed by atoms with van der Waals surface area (Å²) >= 11 is 0. The molecule has 6 nitrogen and oxygen atoms in total. The number of rotatable bonds is 3. The fourth-order valence-electron chi connectivity index (χ4n) is 5.32. The maximum Gasteiger partial charge on any atom is 0.433 e. The molecule has 0 unspecified atom stereocenters. The maximum atomic E-state index is 13.3. The molecule has 3 heterocycles. The number of benzene rings is 2. The summed E-state index contributed by atoms with van der Waals surface area (Å²) in [5, 5.41) is 0. The lowest BCUT2D eigenvalue weighted by molar-refractivity contribution is -0.141. The Morgan fingerprint density at radius 3 is 1.98 bits per heavy atom. The minimum atomic E-state index is -4.69. The van der Waals surface area contributed by atoms with Crippen molar-refractivity contribution in [1.29, 1.82) is 0 Å². The Kier molecular flexibility index (Phi) is 7.78. The number of carbonyl (C=O) groups is 2. The highest BCUT2D eigenvalue weighted by Crippen LogP contribution is 2.34. The van der Waals surface area contributed by atoms with Crippen LogP contribution in [-0.4, -0.2) is 59.9 Å². The van der Waals surface area contributed by atoms with Gasteiger partial charge in [-0.2, -0.15) is 13.2 Å². The number of alkyl halides is 3. The Bertz CT molecular complexity index is 1430. The molecule has 2 aliphatic heterocycles. The van der Waals surface area contributed by atoms with Crippen LogP contribution in [0.3, 0.4) is 0 Å². The van der Waals surface area contributed by atoms with Gasteiger partial charge in [0, 0.05) is 54.5 Å². The van der Waals surface area contributed by atoms with Crippen molar-refractivity contribution in [1.82, 2.24) is 14.8 Å². The van der Waals surface area contributed by atoms with Crippen LogP contribution < -0.4 is 4.74 Å². The van der Waals surface area contributed by atoms with Gasteiger partial charge < -0.3 is 14.5 Å². The Morgan fingerprint density at radius 2 is 1.40 bits per heavy atom. The molecule has 9 heteroatoms. The molecule has 0 aliphatic carbocycles. The summed E-state index contributed by atoms with van der Waals surface area (Å²) in [5.41, 5.74) is 1.09. The monoisotopic (exact) mass is 547 g/mol. The van der Waals surface area contributed by atoms with Crippen LogP contribution in [-0.2, 0) is 6.18 Å². The zero-order valence-electron chi connectivity index (χ0n) is 21.9. The van der Waals surface area contributed by atoms with E-state index < -0.39 is 17.8 Å². The van der Waals surface area contributed by atoms with Crippen LogP contribution in [0.2, 0.25) is 0 Å². The first kappa shape index (κ1) is 27.3. The van der Waals surface area contributed by atoms with Crippen molar-refractivity contribution in [3.05, 3.63) is 94.7 Å². The summed E-state index contributed by atoms with van der Waals surface area (Å²) < 4.78 is 44.7. The number of methoxy groups -OCH3 is 1. The number of aromatic nitrogens is 1. The van der Waals surface area contributed by atoms with E-state index in [0.717, 1.165) is 17.2 Å². The van der Waals surface area contributed by atoms with Gasteiger partial charge >= 0.3 is 6.18 Å². The number of hydrogen-bond acceptors (Lipinski definition) is 4. The summed E-state index contributed by atoms with van der Waals surface area (Å²) in [6.07, 6.45) is -3.26. The third kappa shape index (κ3) is 6.12. The van der Waals surface area contributed by atoms with Crippen LogP contribution in [0, 0.1) is 23.7 Å². The normalized spacial score (nSPS) is 18.8. The number of nitrogens with zero attached hydrogens (tertiary/aromatic N) is 3. The minimum absolute atomic E-state index is 0.0426. The van der Waals surface area contributed by atoms with E-state index >= 15 is 0 Å². The Hall–Kier alpha value is -4.32. The van der Waals surface area contributed by atoms with Crippen molar-refractivity contribution in [2.45, 2.75) is 19.0 Å². The van der Waals surface area contributed by atoms with E-state index in [1.807, 2.05) is 47.4 Å². The van der Waals surface area contributed by atoms with Crippen molar-refractivity contribution in [3.8, 4) is 17.7 Å². The minimum Gasteiger partial charge on any atom is -0.481 e. The van der Waals surface area contributed by atoms with Crippen molar-refractivity contribution >= 4 is 11.8 Å². The number of pyridine rings is 1. The number of hydrogen-bond donors (Lipinski definition) is 0. The van der Waals surface area contributed by atoms with Gasteiger partial charge in [-0.15, -0.1) is 0 Å². The highest BCUT2D eigenvalue weighted by atomic mass is 19.4. The van der Waals surface area contributed by atoms with Gasteiger partial charge in [-0.05, 0) is 67.1 Å². The van der Waals surface area contributed by atoms with E-state index in [-0.39, 0.29) is 29.2 Å². The van der Waals surface area contributed by atoms with E-state index in [1.165, 1.54) is 13.2 Å². The van der Waals surface area contributed by atoms with Crippen LogP contribution in [0.4, 0.5) is 13.2 Å². The second-order valence-corrected chi connectivity index (χ2v) is 10.1. The van der Waals surface area contributed by atoms with E-state index in [4.69, 9.17) is 4.74 Å². The molecule has 2 saturated heterocycles. The molecule has 40 heavy (non-hydrogen) atoms. The van der Waals surface area contributed by atoms with Crippen LogP contribution in [0.5, 0.6) is 5.88 Å². The van der Waals surface area contributed by atoms with Crippen molar-refractivity contribution in [2.75, 3.05) is 33.3 Å². The molecule has 0 bridgehead atoms. The van der Waals surface area contributed by atoms with E-state index in [2.05, 4.69) is 16.8 Å². The molecule has 2 aromatic carbocycles. The quantitative estimate of drug-likeness (QED) is 0.427. The molecular weight excluding hydrogens is 519 g/mol. The lowest BCUT2D eigenvalue weighted by atomic mass is 9.92. The lowest BCUT2D eigenvalue weighted by Crippen LogP contribution is -2.34. The molecule has 5 rings (SSSR count). The molecule has 2 amide bonds. The largest absolute Gasteiger partial charge is 0.481 e. The summed E-state index contributed by atoms with van der Waals surface area (Å²) in [7, 11) is 1.21. The van der Waals surface area contributed by atoms with Crippen LogP contribution in [0.1, 0.15) is 50.4 Å². The van der Waals surface area contributed by atoms with Crippen molar-refractivity contribution in [2.24, 2.45) is 11.8 Å². The molecule has 2 fully saturated rings. The zero-order chi connectivity index (χ0) is 28.3. The molecular formula is C31H28F3N3O3. The third-order valence-electron chi connectivity index (χ3n) is 7.50. The average Bonchev–Trinajstić information content (AvgIpc) is 3.28. The van der Waals surface area contributed by atoms with E-state index in [9.17, 15) is 22.8 Å². The molecule has 0 saturated carbocycles. The van der Waals surface area contributed by atoms with Gasteiger partial charge in [-0.1, -0.05) is 30.0 Å². The Labute approximate surface area is 230 Å². The number of fused-ring (bicyclic) bond motifs is 1. The van der Waals surface area contributed by atoms with E-state index in [0.29, 0.717) is 44.6 Å². The number of amides is 2. The van der Waals surface area contributed by atoms with Crippen LogP contribution in [0.15, 0.2) is 66.7 Å². The van der Waals surface area contributed by atoms with Gasteiger partial charge in [0.25, 0.3) is 11.8 Å². The molecule has 0 spiro atoms. The maximum absolute atomic E-state index is 13.3. The summed E-state index contributed by atoms with van der Waals surface area (Å²) in [5.74, 6) is 5.79. The van der Waals surface area contributed by atoms with E-state index in [1.54, 1.807) is 17.0 Å². The summed E-state index contributed by atoms with van der Waals surface area (Å²) in [4.78, 5) is 33.2. The van der Waals surface area contributed by atoms with Crippen LogP contribution >= 0.6 is 0 Å². The number of halogens is 3. The molecule has 1 aromatic heterocycles. The Morgan fingerprint density at radius 1 is 0.825 bits per heavy atom. The predicted octanol–water partition coefficient (Wildman–Crippen LogP) is 5.13. The molecule has 2 aliphatic rings. The second-order valence-electron chi connectivity index (χ2n) is 10.1. The fourth-order valence-corrected chi connectivity index (χ4v) is 5.32. The first-order chi connectivity index (χ1) is 19.2. The lowest BCUT2D eigenvalue weighted by Gasteiger charge is -2.23. The topological polar surface area (TPSA) is 62.7 Å². The highest BCUT2D eigenvalue weighted by Gasteiger charge is 2.39. The summed E-state index contributed by atoms with van der Waals surface area (Å²) in [6, 6.07) is 19.0. The molecule has 206 valence electrons. The van der Waals surface area contributed by atoms with Gasteiger partial charge in [-0.25, -0.2) is 4.98 Å². The predicted molar refractivity (Wildman–Crippen MR) is 143 cm³/mol. The van der Waals surface area contributed by atoms with Gasteiger partial charge in [-0.3, -0.25) is 9.59 Å². The first-order valence-corrected chi connectivity index (χ1v) is 13.1. The molecule has 0 radical (unpaired) electrons. The standard InChI is InChI=1S/C31H28F3N3O3/c1-40-28-18-26(17-27(35-28)31(32,33)34)30(39)37-19-24-13-15-36(16-14-25(24)20-37)29(38)23-11-9-22(10-12-23)8-7-21-5-3-2-4-6-21/h2-6,9-12,17-18,24-25H,13-16,19-20H2,1H3/t24-,25+. The van der Waals surface area contributed by atoms with Crippen molar-refractivity contribution in [3.63, 3.8) is 0 Å². The fraction of sp³-hybridized carbons (Fsp3) is 0.323. The second kappa shape index (κ2) is 11.4. The van der Waals surface area contributed by atoms with Gasteiger partial charge in [0.1, 0.15) is 5.69 Å². The van der Waals surface area contributed by atoms with Crippen molar-refractivity contribution < 1.29 is 27.5 Å². The van der Waals surface area contributed by atoms with Gasteiger partial charge in [0.15, 0.2) is 0 Å². The number of carbonyl (C=O) groups excluding carboxylic acids is 2. The third-order valence-corrected chi connectivity index (χ3v) is 7.50. The van der Waals surface area contributed by atoms with Crippen LogP contribution in [0.25, 0.3) is 0 Å². The zero-order valence-corrected chi connectivity index (χ0v) is 21.9. The number of ether oxygens (including phenoxy) is 1. The highest BCUT2D eigenvalue weighted by molar-refractivity contribution is 5.95. The van der Waals surface area contributed by atoms with Gasteiger partial charge in [0.2, 0.25) is 5.88 Å².